The largest absolute Gasteiger partial charge is 0.550 e. The summed E-state index contributed by atoms with van der Waals surface area (Å²) in [6.07, 6.45) is -1.61. The smallest absolute Gasteiger partial charge is 0.480 e. The molecule has 0 unspecified atom stereocenters. The van der Waals surface area contributed by atoms with Gasteiger partial charge in [-0.05, 0) is 65.9 Å². The highest BCUT2D eigenvalue weighted by atomic mass is 31.2. The lowest BCUT2D eigenvalue weighted by Gasteiger charge is -2.54. The Morgan fingerprint density at radius 2 is 0.931 bits per heavy atom. The lowest BCUT2D eigenvalue weighted by atomic mass is 9.64. The summed E-state index contributed by atoms with van der Waals surface area (Å²) >= 11 is 0. The molecule has 0 saturated heterocycles. The molecule has 0 heterocycles. The van der Waals surface area contributed by atoms with Gasteiger partial charge in [-0.3, -0.25) is 4.79 Å². The van der Waals surface area contributed by atoms with Gasteiger partial charge in [0.1, 0.15) is 29.6 Å². The summed E-state index contributed by atoms with van der Waals surface area (Å²) in [5, 5.41) is 25.8. The minimum atomic E-state index is -5.55. The van der Waals surface area contributed by atoms with Crippen LogP contribution in [0.5, 0.6) is 23.0 Å². The molecule has 304 valence electrons. The number of carboxylic acids is 2. The summed E-state index contributed by atoms with van der Waals surface area (Å²) in [4.78, 5) is 43.9. The molecule has 14 nitrogen and oxygen atoms in total. The maximum absolute atomic E-state index is 16.0. The Morgan fingerprint density at radius 1 is 0.569 bits per heavy atom. The number of carbonyl (C=O) groups is 3. The van der Waals surface area contributed by atoms with E-state index in [2.05, 4.69) is 5.09 Å². The zero-order valence-electron chi connectivity index (χ0n) is 32.1. The van der Waals surface area contributed by atoms with Gasteiger partial charge in [0.05, 0.1) is 0 Å². The van der Waals surface area contributed by atoms with E-state index in [4.69, 9.17) is 22.8 Å². The van der Waals surface area contributed by atoms with Crippen LogP contribution in [0.3, 0.4) is 0 Å². The summed E-state index contributed by atoms with van der Waals surface area (Å²) in [7, 11) is -10.7. The van der Waals surface area contributed by atoms with Crippen molar-refractivity contribution in [1.82, 2.24) is 9.76 Å². The molecular weight excluding hydrogens is 786 g/mol. The molecule has 0 saturated carbocycles. The van der Waals surface area contributed by atoms with Crippen LogP contribution in [-0.2, 0) is 30.1 Å². The molecule has 0 aromatic heterocycles. The van der Waals surface area contributed by atoms with Crippen molar-refractivity contribution in [1.29, 1.82) is 0 Å². The molecule has 0 bridgehead atoms. The van der Waals surface area contributed by atoms with Gasteiger partial charge in [0.15, 0.2) is 11.1 Å². The number of hydrogen-bond acceptors (Lipinski definition) is 10. The Labute approximate surface area is 336 Å². The van der Waals surface area contributed by atoms with E-state index >= 15 is 9.13 Å². The van der Waals surface area contributed by atoms with Crippen LogP contribution >= 0.6 is 15.5 Å². The minimum absolute atomic E-state index is 0.0487. The third-order valence-electron chi connectivity index (χ3n) is 9.10. The summed E-state index contributed by atoms with van der Waals surface area (Å²) < 4.78 is 61.2. The Bertz CT molecular complexity index is 2140. The molecule has 2 atom stereocenters. The number of nitrogens with zero attached hydrogens (tertiary/aromatic N) is 1. The van der Waals surface area contributed by atoms with Crippen LogP contribution < -0.4 is 23.2 Å². The van der Waals surface area contributed by atoms with Crippen molar-refractivity contribution in [2.75, 3.05) is 0 Å². The molecule has 0 aliphatic heterocycles. The lowest BCUT2D eigenvalue weighted by Crippen LogP contribution is -2.80. The van der Waals surface area contributed by atoms with Gasteiger partial charge >= 0.3 is 33.5 Å². The third-order valence-corrected chi connectivity index (χ3v) is 12.5. The van der Waals surface area contributed by atoms with Crippen LogP contribution in [0, 0.1) is 11.8 Å². The number of ether oxygens (including phenoxy) is 1. The number of aliphatic carboxylic acids is 2. The van der Waals surface area contributed by atoms with E-state index in [1.165, 1.54) is 100 Å². The predicted octanol–water partition coefficient (Wildman–Crippen LogP) is 9.71. The van der Waals surface area contributed by atoms with Crippen molar-refractivity contribution in [2.45, 2.75) is 45.4 Å². The Hall–Kier alpha value is -6.07. The Morgan fingerprint density at radius 3 is 1.26 bits per heavy atom. The SMILES string of the molecule is CC(C)[C@](NP(=O)(Oc1ccccc1)Oc1ccccc1)(C(=O)O)[C@](C(=O)O)(C(C)C)N(C(=O)OCc1ccccc1)P(=O)(Oc1ccccc1)Oc1ccccc1. The van der Waals surface area contributed by atoms with E-state index in [1.54, 1.807) is 78.9 Å². The van der Waals surface area contributed by atoms with Crippen molar-refractivity contribution in [2.24, 2.45) is 11.8 Å². The summed E-state index contributed by atoms with van der Waals surface area (Å²) in [5.41, 5.74) is -5.99. The fourth-order valence-corrected chi connectivity index (χ4v) is 10.5. The van der Waals surface area contributed by atoms with Gasteiger partial charge < -0.3 is 33.0 Å². The van der Waals surface area contributed by atoms with Gasteiger partial charge in [-0.25, -0.2) is 18.7 Å². The predicted molar refractivity (Wildman–Crippen MR) is 216 cm³/mol. The first-order chi connectivity index (χ1) is 27.7. The topological polar surface area (TPSA) is 187 Å². The molecule has 1 amide bonds. The molecule has 0 radical (unpaired) electrons. The standard InChI is InChI=1S/C42H44N2O12P2/c1-31(2)41(38(45)46,43-57(50,53-34-22-12-6-13-23-34)54-35-24-14-7-15-25-35)42(32(3)4,39(47)48)44(40(49)52-30-33-20-10-5-11-21-33)58(51,55-36-26-16-8-17-27-36)56-37-28-18-9-19-29-37/h5-29,31-32H,30H2,1-4H3,(H,43,50)(H,45,46)(H,47,48)/t41-,42+/m0/s1. The Kier molecular flexibility index (Phi) is 13.7. The quantitative estimate of drug-likeness (QED) is 0.0668. The molecule has 0 aliphatic carbocycles. The number of amides is 1. The summed E-state index contributed by atoms with van der Waals surface area (Å²) in [6.45, 7) is 4.76. The van der Waals surface area contributed by atoms with Crippen LogP contribution in [0.15, 0.2) is 152 Å². The molecule has 5 aromatic carbocycles. The number of benzene rings is 5. The van der Waals surface area contributed by atoms with Crippen LogP contribution in [0.2, 0.25) is 0 Å². The van der Waals surface area contributed by atoms with Crippen LogP contribution in [-0.4, -0.2) is 44.0 Å². The maximum atomic E-state index is 16.0. The average molecular weight is 831 g/mol. The molecule has 3 N–H and O–H groups in total. The molecule has 0 aliphatic rings. The van der Waals surface area contributed by atoms with E-state index in [1.807, 2.05) is 0 Å². The lowest BCUT2D eigenvalue weighted by molar-refractivity contribution is -0.172. The van der Waals surface area contributed by atoms with E-state index in [-0.39, 0.29) is 27.7 Å². The first kappa shape index (κ1) is 43.1. The maximum Gasteiger partial charge on any atom is 0.550 e. The highest BCUT2D eigenvalue weighted by Gasteiger charge is 2.76. The molecule has 5 rings (SSSR count). The molecule has 16 heteroatoms. The van der Waals surface area contributed by atoms with Crippen molar-refractivity contribution in [3.63, 3.8) is 0 Å². The van der Waals surface area contributed by atoms with E-state index in [9.17, 15) is 24.6 Å². The first-order valence-corrected chi connectivity index (χ1v) is 21.2. The number of carboxylic acid groups (broad SMARTS) is 2. The van der Waals surface area contributed by atoms with Crippen LogP contribution in [0.25, 0.3) is 0 Å². The summed E-state index contributed by atoms with van der Waals surface area (Å²) in [5.74, 6) is -7.32. The van der Waals surface area contributed by atoms with Crippen molar-refractivity contribution < 1.29 is 56.6 Å². The number of hydrogen-bond donors (Lipinski definition) is 3. The normalized spacial score (nSPS) is 13.7. The van der Waals surface area contributed by atoms with Crippen LogP contribution in [0.1, 0.15) is 33.3 Å². The number of rotatable bonds is 19. The second kappa shape index (κ2) is 18.5. The van der Waals surface area contributed by atoms with E-state index < -0.39 is 63.0 Å². The summed E-state index contributed by atoms with van der Waals surface area (Å²) in [6, 6.07) is 38.5. The monoisotopic (exact) mass is 830 g/mol. The van der Waals surface area contributed by atoms with Crippen molar-refractivity contribution in [3.05, 3.63) is 157 Å². The van der Waals surface area contributed by atoms with Crippen molar-refractivity contribution in [3.8, 4) is 23.0 Å². The van der Waals surface area contributed by atoms with Gasteiger partial charge in [0.2, 0.25) is 0 Å². The third kappa shape index (κ3) is 9.21. The average Bonchev–Trinajstić information content (AvgIpc) is 3.19. The van der Waals surface area contributed by atoms with E-state index in [0.29, 0.717) is 5.56 Å². The highest BCUT2D eigenvalue weighted by molar-refractivity contribution is 7.53. The van der Waals surface area contributed by atoms with Gasteiger partial charge in [0, 0.05) is 0 Å². The first-order valence-electron chi connectivity index (χ1n) is 18.1. The number of nitrogens with one attached hydrogen (secondary N) is 1. The number of para-hydroxylation sites is 4. The Balaban J connectivity index is 1.85. The fraction of sp³-hybridized carbons (Fsp3) is 0.214. The molecule has 58 heavy (non-hydrogen) atoms. The second-order valence-electron chi connectivity index (χ2n) is 13.5. The zero-order valence-corrected chi connectivity index (χ0v) is 33.9. The van der Waals surface area contributed by atoms with Crippen molar-refractivity contribution >= 4 is 33.5 Å². The van der Waals surface area contributed by atoms with Gasteiger partial charge in [-0.2, -0.15) is 9.76 Å². The molecule has 0 fully saturated rings. The fourth-order valence-electron chi connectivity index (χ4n) is 6.55. The highest BCUT2D eigenvalue weighted by Crippen LogP contribution is 2.62. The van der Waals surface area contributed by atoms with E-state index in [0.717, 1.165) is 0 Å². The van der Waals surface area contributed by atoms with Gasteiger partial charge in [0.25, 0.3) is 0 Å². The molecular formula is C42H44N2O12P2. The van der Waals surface area contributed by atoms with Gasteiger partial charge in [-0.15, -0.1) is 0 Å². The number of carbonyl (C=O) groups excluding carboxylic acids is 1. The van der Waals surface area contributed by atoms with Crippen LogP contribution in [0.4, 0.5) is 4.79 Å². The second-order valence-corrected chi connectivity index (χ2v) is 16.8. The minimum Gasteiger partial charge on any atom is -0.480 e. The zero-order chi connectivity index (χ0) is 42.0. The van der Waals surface area contributed by atoms with Gasteiger partial charge in [-0.1, -0.05) is 131 Å². The molecule has 5 aromatic rings. The molecule has 0 spiro atoms.